The number of aliphatic hydroxyl groups is 1. The van der Waals surface area contributed by atoms with E-state index in [2.05, 4.69) is 88.5 Å². The third kappa shape index (κ3) is 73.1. The molecular formula is C81H148O17P2. The topological polar surface area (TPSA) is 237 Å². The van der Waals surface area contributed by atoms with E-state index >= 15 is 0 Å². The van der Waals surface area contributed by atoms with Gasteiger partial charge in [-0.2, -0.15) is 0 Å². The lowest BCUT2D eigenvalue weighted by Crippen LogP contribution is -2.30. The summed E-state index contributed by atoms with van der Waals surface area (Å²) in [5.41, 5.74) is 0. The van der Waals surface area contributed by atoms with Crippen molar-refractivity contribution in [2.45, 2.75) is 393 Å². The maximum atomic E-state index is 13.1. The Morgan fingerprint density at radius 2 is 0.520 bits per heavy atom. The molecule has 0 aliphatic rings. The Labute approximate surface area is 610 Å². The van der Waals surface area contributed by atoms with Crippen molar-refractivity contribution in [2.24, 2.45) is 0 Å². The molecule has 0 fully saturated rings. The number of carbonyl (C=O) groups is 4. The van der Waals surface area contributed by atoms with E-state index in [1.165, 1.54) is 141 Å². The van der Waals surface area contributed by atoms with Crippen LogP contribution in [0.25, 0.3) is 0 Å². The lowest BCUT2D eigenvalue weighted by Gasteiger charge is -2.21. The Balaban J connectivity index is 5.30. The molecule has 0 aliphatic heterocycles. The van der Waals surface area contributed by atoms with Crippen LogP contribution in [0.2, 0.25) is 0 Å². The molecule has 0 bridgehead atoms. The molecule has 17 nitrogen and oxygen atoms in total. The second kappa shape index (κ2) is 74.0. The normalized spacial score (nSPS) is 14.2. The zero-order chi connectivity index (χ0) is 73.2. The number of phosphoric ester groups is 2. The minimum Gasteiger partial charge on any atom is -0.462 e. The van der Waals surface area contributed by atoms with Gasteiger partial charge in [0, 0.05) is 25.7 Å². The second-order valence-electron chi connectivity index (χ2n) is 27.3. The molecule has 0 saturated carbocycles. The zero-order valence-electron chi connectivity index (χ0n) is 63.9. The standard InChI is InChI=1S/C81H148O17P2/c1-5-9-13-17-21-25-29-33-35-36-37-38-40-44-46-50-54-58-62-66-79(84)92-72-77(98-81(86)68-64-60-56-52-48-42-32-28-24-20-16-12-8-4)74-96-100(89,90)94-70-75(82)69-93-99(87,88)95-73-76(97-80(85)67-63-59-55-51-47-41-31-27-23-19-15-11-7-3)71-91-78(83)65-61-57-53-49-45-43-39-34-30-26-22-18-14-10-6-2/h9,13,21,25,33-35,37-39,75-77,82H,5-8,10-12,14-20,22-24,26-32,36,40-74H2,1-4H3,(H,87,88)(H,89,90)/b13-9-,25-21-,35-33-,38-37-,39-34-. The summed E-state index contributed by atoms with van der Waals surface area (Å²) >= 11 is 0. The van der Waals surface area contributed by atoms with E-state index in [9.17, 15) is 43.2 Å². The fourth-order valence-electron chi connectivity index (χ4n) is 11.3. The number of hydrogen-bond acceptors (Lipinski definition) is 15. The smallest absolute Gasteiger partial charge is 0.462 e. The predicted molar refractivity (Wildman–Crippen MR) is 409 cm³/mol. The highest BCUT2D eigenvalue weighted by molar-refractivity contribution is 7.47. The molecule has 0 aromatic rings. The van der Waals surface area contributed by atoms with Crippen molar-refractivity contribution in [3.8, 4) is 0 Å². The Kier molecular flexibility index (Phi) is 71.6. The lowest BCUT2D eigenvalue weighted by atomic mass is 10.0. The highest BCUT2D eigenvalue weighted by atomic mass is 31.2. The van der Waals surface area contributed by atoms with Crippen LogP contribution >= 0.6 is 15.6 Å². The van der Waals surface area contributed by atoms with E-state index in [0.29, 0.717) is 25.7 Å². The van der Waals surface area contributed by atoms with E-state index < -0.39 is 97.5 Å². The molecule has 100 heavy (non-hydrogen) atoms. The van der Waals surface area contributed by atoms with Crippen molar-refractivity contribution in [3.05, 3.63) is 60.8 Å². The van der Waals surface area contributed by atoms with Gasteiger partial charge in [-0.3, -0.25) is 37.3 Å². The first-order valence-corrected chi connectivity index (χ1v) is 43.5. The molecule has 19 heteroatoms. The number of phosphoric acid groups is 2. The van der Waals surface area contributed by atoms with Crippen LogP contribution in [-0.4, -0.2) is 96.7 Å². The molecule has 3 N–H and O–H groups in total. The summed E-state index contributed by atoms with van der Waals surface area (Å²) in [6.45, 7) is 4.81. The highest BCUT2D eigenvalue weighted by Crippen LogP contribution is 2.45. The van der Waals surface area contributed by atoms with Gasteiger partial charge < -0.3 is 33.8 Å². The van der Waals surface area contributed by atoms with Crippen LogP contribution in [0.1, 0.15) is 374 Å². The van der Waals surface area contributed by atoms with Crippen molar-refractivity contribution in [3.63, 3.8) is 0 Å². The largest absolute Gasteiger partial charge is 0.472 e. The maximum Gasteiger partial charge on any atom is 0.472 e. The predicted octanol–water partition coefficient (Wildman–Crippen LogP) is 23.5. The Hall–Kier alpha value is -3.24. The first kappa shape index (κ1) is 96.8. The van der Waals surface area contributed by atoms with Gasteiger partial charge in [-0.1, -0.05) is 320 Å². The van der Waals surface area contributed by atoms with Crippen LogP contribution in [0.15, 0.2) is 60.8 Å². The van der Waals surface area contributed by atoms with Gasteiger partial charge in [-0.15, -0.1) is 0 Å². The minimum atomic E-state index is -4.97. The fraction of sp³-hybridized carbons (Fsp3) is 0.827. The van der Waals surface area contributed by atoms with Crippen LogP contribution in [0.5, 0.6) is 0 Å². The van der Waals surface area contributed by atoms with Crippen molar-refractivity contribution in [2.75, 3.05) is 39.6 Å². The summed E-state index contributed by atoms with van der Waals surface area (Å²) in [6.07, 6.45) is 73.3. The van der Waals surface area contributed by atoms with Crippen molar-refractivity contribution in [1.82, 2.24) is 0 Å². The summed E-state index contributed by atoms with van der Waals surface area (Å²) in [5, 5.41) is 10.6. The monoisotopic (exact) mass is 1460 g/mol. The van der Waals surface area contributed by atoms with Crippen molar-refractivity contribution in [1.29, 1.82) is 0 Å². The molecule has 0 aromatic carbocycles. The third-order valence-corrected chi connectivity index (χ3v) is 19.4. The van der Waals surface area contributed by atoms with Crippen LogP contribution < -0.4 is 0 Å². The van der Waals surface area contributed by atoms with Gasteiger partial charge in [0.15, 0.2) is 12.2 Å². The molecule has 0 rings (SSSR count). The number of unbranched alkanes of at least 4 members (excludes halogenated alkanes) is 41. The van der Waals surface area contributed by atoms with Crippen LogP contribution in [0, 0.1) is 0 Å². The van der Waals surface area contributed by atoms with E-state index in [1.54, 1.807) is 0 Å². The van der Waals surface area contributed by atoms with Crippen LogP contribution in [0.3, 0.4) is 0 Å². The maximum absolute atomic E-state index is 13.1. The summed E-state index contributed by atoms with van der Waals surface area (Å²) in [7, 11) is -9.94. The first-order valence-electron chi connectivity index (χ1n) is 40.5. The molecule has 0 heterocycles. The van der Waals surface area contributed by atoms with Gasteiger partial charge in [0.05, 0.1) is 26.4 Å². The van der Waals surface area contributed by atoms with Crippen LogP contribution in [-0.2, 0) is 65.4 Å². The van der Waals surface area contributed by atoms with E-state index in [0.717, 1.165) is 154 Å². The summed E-state index contributed by atoms with van der Waals surface area (Å²) in [4.78, 5) is 73.0. The molecule has 0 spiro atoms. The number of carbonyl (C=O) groups excluding carboxylic acids is 4. The fourth-order valence-corrected chi connectivity index (χ4v) is 12.9. The number of hydrogen-bond donors (Lipinski definition) is 3. The Morgan fingerprint density at radius 3 is 0.810 bits per heavy atom. The number of esters is 4. The Bertz CT molecular complexity index is 2130. The van der Waals surface area contributed by atoms with Gasteiger partial charge in [-0.25, -0.2) is 9.13 Å². The molecule has 0 aromatic heterocycles. The van der Waals surface area contributed by atoms with Gasteiger partial charge in [0.25, 0.3) is 0 Å². The van der Waals surface area contributed by atoms with Gasteiger partial charge in [0.2, 0.25) is 0 Å². The molecule has 5 atom stereocenters. The van der Waals surface area contributed by atoms with Gasteiger partial charge in [0.1, 0.15) is 19.3 Å². The highest BCUT2D eigenvalue weighted by Gasteiger charge is 2.30. The molecule has 0 saturated heterocycles. The molecule has 0 radical (unpaired) electrons. The SMILES string of the molecule is CC/C=C\C/C=C\C/C=C\C/C=C\CCCCCCCCC(=O)OCC(COP(=O)(O)OCC(O)COP(=O)(O)OCC(COC(=O)CCCCCCC/C=C\CCCCCCCC)OC(=O)CCCCCCCCCCCCCCC)OC(=O)CCCCCCCCCCCCCCC. The zero-order valence-corrected chi connectivity index (χ0v) is 65.7. The average molecular weight is 1460 g/mol. The summed E-state index contributed by atoms with van der Waals surface area (Å²) in [5.74, 6) is -2.16. The molecule has 5 unspecified atom stereocenters. The van der Waals surface area contributed by atoms with Gasteiger partial charge >= 0.3 is 39.5 Å². The average Bonchev–Trinajstić information content (AvgIpc) is 0.935. The minimum absolute atomic E-state index is 0.0978. The number of ether oxygens (including phenoxy) is 4. The van der Waals surface area contributed by atoms with Crippen molar-refractivity contribution >= 4 is 39.5 Å². The molecular weight excluding hydrogens is 1310 g/mol. The van der Waals surface area contributed by atoms with E-state index in [4.69, 9.17) is 37.0 Å². The van der Waals surface area contributed by atoms with Crippen molar-refractivity contribution < 1.29 is 80.2 Å². The lowest BCUT2D eigenvalue weighted by molar-refractivity contribution is -0.161. The third-order valence-electron chi connectivity index (χ3n) is 17.5. The molecule has 0 aliphatic carbocycles. The second-order valence-corrected chi connectivity index (χ2v) is 30.3. The van der Waals surface area contributed by atoms with E-state index in [1.807, 2.05) is 0 Å². The van der Waals surface area contributed by atoms with Crippen LogP contribution in [0.4, 0.5) is 0 Å². The number of allylic oxidation sites excluding steroid dienone is 10. The van der Waals surface area contributed by atoms with Gasteiger partial charge in [-0.05, 0) is 89.9 Å². The quantitative estimate of drug-likeness (QED) is 0.0169. The summed E-state index contributed by atoms with van der Waals surface area (Å²) < 4.78 is 68.6. The number of aliphatic hydroxyl groups excluding tert-OH is 1. The number of rotatable bonds is 77. The first-order chi connectivity index (χ1) is 48.7. The van der Waals surface area contributed by atoms with E-state index in [-0.39, 0.29) is 25.7 Å². The Morgan fingerprint density at radius 1 is 0.290 bits per heavy atom. The summed E-state index contributed by atoms with van der Waals surface area (Å²) in [6, 6.07) is 0. The molecule has 0 amide bonds. The molecule has 584 valence electrons.